The second kappa shape index (κ2) is 7.16. The van der Waals surface area contributed by atoms with Gasteiger partial charge >= 0.3 is 46.8 Å². The van der Waals surface area contributed by atoms with Crippen molar-refractivity contribution in [3.8, 4) is 0 Å². The van der Waals surface area contributed by atoms with Gasteiger partial charge in [0, 0.05) is 18.0 Å². The maximum Gasteiger partial charge on any atom is 0.393 e. The molecule has 180 valence electrons. The molecule has 0 saturated heterocycles. The van der Waals surface area contributed by atoms with Crippen LogP contribution < -0.4 is 0 Å². The molecule has 1 nitrogen and oxygen atoms in total. The maximum absolute atomic E-state index is 13.8. The van der Waals surface area contributed by atoms with Crippen molar-refractivity contribution in [2.24, 2.45) is 0 Å². The minimum atomic E-state index is -8.47. The zero-order valence-corrected chi connectivity index (χ0v) is 14.4. The highest BCUT2D eigenvalue weighted by Crippen LogP contribution is 2.65. The molecule has 0 bridgehead atoms. The van der Waals surface area contributed by atoms with Crippen LogP contribution in [0.3, 0.4) is 0 Å². The fourth-order valence-electron chi connectivity index (χ4n) is 1.91. The molecule has 0 aliphatic carbocycles. The maximum atomic E-state index is 13.8. The number of hydrogen-bond acceptors (Lipinski definition) is 1. The van der Waals surface area contributed by atoms with Gasteiger partial charge in [0.25, 0.3) is 0 Å². The first-order chi connectivity index (χ1) is 13.4. The molecule has 1 rings (SSSR count). The minimum Gasteiger partial charge on any atom is -0.265 e. The molecule has 1 heterocycles. The summed E-state index contributed by atoms with van der Waals surface area (Å²) in [7, 11) is 0. The summed E-state index contributed by atoms with van der Waals surface area (Å²) in [6, 6.07) is -0.367. The number of nitrogens with zero attached hydrogens (tertiary/aromatic N) is 1. The van der Waals surface area contributed by atoms with Crippen LogP contribution in [-0.4, -0.2) is 45.9 Å². The Morgan fingerprint density at radius 1 is 0.484 bits per heavy atom. The minimum absolute atomic E-state index is 0.183. The number of aromatic nitrogens is 1. The highest BCUT2D eigenvalue weighted by atomic mass is 35.5. The third-order valence-corrected chi connectivity index (χ3v) is 4.00. The van der Waals surface area contributed by atoms with E-state index in [1.165, 1.54) is 0 Å². The molecule has 1 aromatic rings. The van der Waals surface area contributed by atoms with E-state index in [0.29, 0.717) is 0 Å². The van der Waals surface area contributed by atoms with Crippen LogP contribution in [0, 0.1) is 0 Å². The summed E-state index contributed by atoms with van der Waals surface area (Å²) in [6.45, 7) is 0. The van der Waals surface area contributed by atoms with Gasteiger partial charge in [-0.3, -0.25) is 4.98 Å². The average molecular weight is 514 g/mol. The Bertz CT molecular complexity index is 784. The smallest absolute Gasteiger partial charge is 0.265 e. The van der Waals surface area contributed by atoms with E-state index in [4.69, 9.17) is 0 Å². The van der Waals surface area contributed by atoms with Gasteiger partial charge < -0.3 is 0 Å². The summed E-state index contributed by atoms with van der Waals surface area (Å²) in [5, 5.41) is -6.80. The van der Waals surface area contributed by atoms with Crippen molar-refractivity contribution < 1.29 is 70.2 Å². The Morgan fingerprint density at radius 3 is 1.10 bits per heavy atom. The van der Waals surface area contributed by atoms with Crippen molar-refractivity contribution in [1.82, 2.24) is 4.98 Å². The van der Waals surface area contributed by atoms with Gasteiger partial charge in [-0.1, -0.05) is 0 Å². The molecule has 0 aromatic carbocycles. The number of rotatable bonds is 8. The Hall–Kier alpha value is -1.68. The number of halogens is 17. The topological polar surface area (TPSA) is 12.9 Å². The first-order valence-corrected chi connectivity index (χ1v) is 7.35. The summed E-state index contributed by atoms with van der Waals surface area (Å²) >= 11 is 3.42. The number of pyridine rings is 1. The first kappa shape index (κ1) is 27.4. The normalized spacial score (nSPS) is 15.9. The largest absolute Gasteiger partial charge is 0.393 e. The third kappa shape index (κ3) is 3.46. The van der Waals surface area contributed by atoms with Gasteiger partial charge in [0.15, 0.2) is 0 Å². The lowest BCUT2D eigenvalue weighted by Crippen LogP contribution is -2.74. The Morgan fingerprint density at radius 2 is 0.774 bits per heavy atom. The Kier molecular flexibility index (Phi) is 6.32. The molecule has 0 unspecified atom stereocenters. The van der Waals surface area contributed by atoms with E-state index in [1.807, 2.05) is 0 Å². The molecular formula is C13H4ClF16N. The van der Waals surface area contributed by atoms with Crippen molar-refractivity contribution in [2.45, 2.75) is 46.8 Å². The van der Waals surface area contributed by atoms with Crippen molar-refractivity contribution in [3.63, 3.8) is 0 Å². The molecule has 0 N–H and O–H groups in total. The van der Waals surface area contributed by atoms with E-state index in [2.05, 4.69) is 16.6 Å². The summed E-state index contributed by atoms with van der Waals surface area (Å²) in [4.78, 5) is 2.97. The van der Waals surface area contributed by atoms with Gasteiger partial charge in [-0.25, -0.2) is 0 Å². The van der Waals surface area contributed by atoms with Crippen LogP contribution in [0.15, 0.2) is 24.5 Å². The molecular weight excluding hydrogens is 510 g/mol. The summed E-state index contributed by atoms with van der Waals surface area (Å²) in [6.07, 6.45) is 0.447. The van der Waals surface area contributed by atoms with E-state index < -0.39 is 52.4 Å². The molecule has 0 atom stereocenters. The molecule has 0 aliphatic heterocycles. The second-order valence-corrected chi connectivity index (χ2v) is 6.23. The van der Waals surface area contributed by atoms with Crippen molar-refractivity contribution in [3.05, 3.63) is 30.1 Å². The zero-order valence-electron chi connectivity index (χ0n) is 13.7. The molecule has 0 radical (unpaired) electrons. The summed E-state index contributed by atoms with van der Waals surface area (Å²) in [5.74, 6) is -55.3. The predicted octanol–water partition coefficient (Wildman–Crippen LogP) is 6.82. The van der Waals surface area contributed by atoms with Crippen molar-refractivity contribution in [2.75, 3.05) is 0 Å². The van der Waals surface area contributed by atoms with Gasteiger partial charge in [-0.15, -0.1) is 0 Å². The standard InChI is InChI=1S/C13H4ClF16N/c14-13(29,30)12(27,28)11(25,26)10(23,24)9(21,22)8(19,20)7(17,18)6(15,16)5-1-3-31-4-2-5/h1-4H. The highest BCUT2D eigenvalue weighted by Gasteiger charge is 2.94. The SMILES string of the molecule is FC(F)(Cl)C(F)(F)C(F)(F)C(F)(F)C(F)(F)C(F)(F)C(F)(F)C(F)(F)c1ccncc1. The third-order valence-electron chi connectivity index (χ3n) is 3.76. The fraction of sp³-hybridized carbons (Fsp3) is 0.615. The molecule has 31 heavy (non-hydrogen) atoms. The van der Waals surface area contributed by atoms with Crippen LogP contribution >= 0.6 is 11.6 Å². The molecule has 18 heteroatoms. The van der Waals surface area contributed by atoms with Gasteiger partial charge in [-0.05, 0) is 23.7 Å². The van der Waals surface area contributed by atoms with E-state index in [0.717, 1.165) is 0 Å². The van der Waals surface area contributed by atoms with Crippen LogP contribution in [0.2, 0.25) is 0 Å². The fourth-order valence-corrected chi connectivity index (χ4v) is 2.03. The van der Waals surface area contributed by atoms with Crippen molar-refractivity contribution in [1.29, 1.82) is 0 Å². The zero-order chi connectivity index (χ0) is 25.1. The quantitative estimate of drug-likeness (QED) is 0.275. The van der Waals surface area contributed by atoms with Gasteiger partial charge in [-0.2, -0.15) is 70.2 Å². The molecule has 1 aromatic heterocycles. The van der Waals surface area contributed by atoms with Crippen LogP contribution in [0.1, 0.15) is 5.56 Å². The summed E-state index contributed by atoms with van der Waals surface area (Å²) < 4.78 is 213. The lowest BCUT2D eigenvalue weighted by molar-refractivity contribution is -0.450. The Labute approximate surface area is 165 Å². The van der Waals surface area contributed by atoms with Crippen LogP contribution in [0.4, 0.5) is 70.2 Å². The van der Waals surface area contributed by atoms with E-state index in [-0.39, 0.29) is 24.5 Å². The lowest BCUT2D eigenvalue weighted by atomic mass is 9.87. The molecule has 0 spiro atoms. The van der Waals surface area contributed by atoms with E-state index in [1.54, 1.807) is 0 Å². The lowest BCUT2D eigenvalue weighted by Gasteiger charge is -2.43. The van der Waals surface area contributed by atoms with Gasteiger partial charge in [0.1, 0.15) is 0 Å². The van der Waals surface area contributed by atoms with Crippen LogP contribution in [0.5, 0.6) is 0 Å². The van der Waals surface area contributed by atoms with Crippen molar-refractivity contribution >= 4 is 11.6 Å². The average Bonchev–Trinajstić information content (AvgIpc) is 2.60. The highest BCUT2D eigenvalue weighted by molar-refractivity contribution is 6.22. The summed E-state index contributed by atoms with van der Waals surface area (Å²) in [5.41, 5.74) is -2.25. The number of alkyl halides is 17. The molecule has 0 amide bonds. The number of hydrogen-bond donors (Lipinski definition) is 0. The predicted molar refractivity (Wildman–Crippen MR) is 68.6 cm³/mol. The van der Waals surface area contributed by atoms with E-state index in [9.17, 15) is 70.2 Å². The van der Waals surface area contributed by atoms with E-state index >= 15 is 0 Å². The monoisotopic (exact) mass is 513 g/mol. The van der Waals surface area contributed by atoms with Crippen LogP contribution in [-0.2, 0) is 5.92 Å². The van der Waals surface area contributed by atoms with Gasteiger partial charge in [0.2, 0.25) is 0 Å². The molecule has 0 fully saturated rings. The molecule has 0 aliphatic rings. The first-order valence-electron chi connectivity index (χ1n) is 6.97. The Balaban J connectivity index is 3.69. The van der Waals surface area contributed by atoms with Crippen LogP contribution in [0.25, 0.3) is 0 Å². The second-order valence-electron chi connectivity index (χ2n) is 5.75. The van der Waals surface area contributed by atoms with Gasteiger partial charge in [0.05, 0.1) is 0 Å². The molecule has 0 saturated carbocycles.